The summed E-state index contributed by atoms with van der Waals surface area (Å²) in [5.41, 5.74) is 1.74. The number of rotatable bonds is 4. The van der Waals surface area contributed by atoms with Crippen LogP contribution in [0.3, 0.4) is 0 Å². The van der Waals surface area contributed by atoms with Crippen LogP contribution in [0.15, 0.2) is 18.2 Å². The predicted octanol–water partition coefficient (Wildman–Crippen LogP) is 2.52. The van der Waals surface area contributed by atoms with Crippen molar-refractivity contribution in [3.8, 4) is 5.69 Å². The van der Waals surface area contributed by atoms with Gasteiger partial charge in [0.05, 0.1) is 5.69 Å². The molecule has 2 rings (SSSR count). The van der Waals surface area contributed by atoms with Gasteiger partial charge in [-0.25, -0.2) is 14.1 Å². The predicted molar refractivity (Wildman–Crippen MR) is 72.8 cm³/mol. The van der Waals surface area contributed by atoms with E-state index in [1.807, 2.05) is 13.8 Å². The Bertz CT molecular complexity index is 575. The summed E-state index contributed by atoms with van der Waals surface area (Å²) in [6.07, 6.45) is 0. The first-order chi connectivity index (χ1) is 8.97. The summed E-state index contributed by atoms with van der Waals surface area (Å²) >= 11 is 0. The number of nitrogens with zero attached hydrogens (tertiary/aromatic N) is 3. The van der Waals surface area contributed by atoms with Gasteiger partial charge < -0.3 is 5.32 Å². The van der Waals surface area contributed by atoms with Crippen molar-refractivity contribution < 1.29 is 4.39 Å². The maximum absolute atomic E-state index is 13.4. The van der Waals surface area contributed by atoms with E-state index in [9.17, 15) is 4.39 Å². The molecule has 0 aliphatic heterocycles. The molecule has 0 saturated carbocycles. The van der Waals surface area contributed by atoms with E-state index < -0.39 is 0 Å². The van der Waals surface area contributed by atoms with Crippen LogP contribution in [0, 0.1) is 19.7 Å². The minimum Gasteiger partial charge on any atom is -0.310 e. The van der Waals surface area contributed by atoms with Gasteiger partial charge in [-0.15, -0.1) is 0 Å². The maximum Gasteiger partial charge on any atom is 0.148 e. The lowest BCUT2D eigenvalue weighted by Gasteiger charge is -2.13. The Morgan fingerprint density at radius 2 is 2.05 bits per heavy atom. The van der Waals surface area contributed by atoms with Crippen molar-refractivity contribution in [3.63, 3.8) is 0 Å². The van der Waals surface area contributed by atoms with Gasteiger partial charge in [0, 0.05) is 12.6 Å². The molecule has 0 unspecified atom stereocenters. The molecule has 5 heteroatoms. The number of hydrogen-bond donors (Lipinski definition) is 1. The Balaban J connectivity index is 2.41. The van der Waals surface area contributed by atoms with Gasteiger partial charge in [-0.2, -0.15) is 5.10 Å². The minimum atomic E-state index is -0.237. The molecular formula is C14H19FN4. The molecule has 0 radical (unpaired) electrons. The topological polar surface area (TPSA) is 42.7 Å². The fourth-order valence-corrected chi connectivity index (χ4v) is 1.97. The second-order valence-corrected chi connectivity index (χ2v) is 4.93. The van der Waals surface area contributed by atoms with Crippen molar-refractivity contribution in [3.05, 3.63) is 41.2 Å². The minimum absolute atomic E-state index is 0.237. The summed E-state index contributed by atoms with van der Waals surface area (Å²) in [5.74, 6) is 1.28. The molecule has 4 nitrogen and oxygen atoms in total. The van der Waals surface area contributed by atoms with Gasteiger partial charge in [-0.3, -0.25) is 0 Å². The molecule has 1 aromatic carbocycles. The van der Waals surface area contributed by atoms with E-state index in [1.54, 1.807) is 16.8 Å². The molecule has 1 heterocycles. The molecule has 0 amide bonds. The van der Waals surface area contributed by atoms with Crippen molar-refractivity contribution in [2.24, 2.45) is 0 Å². The third kappa shape index (κ3) is 3.17. The second-order valence-electron chi connectivity index (χ2n) is 4.93. The molecule has 0 fully saturated rings. The van der Waals surface area contributed by atoms with Crippen LogP contribution in [0.4, 0.5) is 4.39 Å². The maximum atomic E-state index is 13.4. The normalized spacial score (nSPS) is 11.3. The summed E-state index contributed by atoms with van der Waals surface area (Å²) in [6, 6.07) is 5.08. The zero-order chi connectivity index (χ0) is 14.0. The monoisotopic (exact) mass is 262 g/mol. The average Bonchev–Trinajstić information content (AvgIpc) is 2.66. The SMILES string of the molecule is Cc1nc(C)n(-c2ccc(F)cc2CNC(C)C)n1. The number of halogens is 1. The van der Waals surface area contributed by atoms with Gasteiger partial charge in [0.25, 0.3) is 0 Å². The quantitative estimate of drug-likeness (QED) is 0.920. The molecule has 0 spiro atoms. The van der Waals surface area contributed by atoms with Crippen LogP contribution >= 0.6 is 0 Å². The summed E-state index contributed by atoms with van der Waals surface area (Å²) in [7, 11) is 0. The Morgan fingerprint density at radius 1 is 1.32 bits per heavy atom. The van der Waals surface area contributed by atoms with Crippen LogP contribution in [-0.2, 0) is 6.54 Å². The first-order valence-electron chi connectivity index (χ1n) is 6.40. The third-order valence-corrected chi connectivity index (χ3v) is 2.85. The Kier molecular flexibility index (Phi) is 3.95. The Morgan fingerprint density at radius 3 is 2.63 bits per heavy atom. The molecule has 102 valence electrons. The number of aromatic nitrogens is 3. The van der Waals surface area contributed by atoms with Gasteiger partial charge in [0.2, 0.25) is 0 Å². The van der Waals surface area contributed by atoms with Crippen molar-refractivity contribution in [1.29, 1.82) is 0 Å². The molecule has 0 bridgehead atoms. The zero-order valence-electron chi connectivity index (χ0n) is 11.7. The molecule has 0 saturated heterocycles. The molecule has 0 aliphatic rings. The van der Waals surface area contributed by atoms with Gasteiger partial charge >= 0.3 is 0 Å². The van der Waals surface area contributed by atoms with Crippen molar-refractivity contribution in [2.45, 2.75) is 40.3 Å². The summed E-state index contributed by atoms with van der Waals surface area (Å²) in [6.45, 7) is 8.46. The van der Waals surface area contributed by atoms with Gasteiger partial charge in [-0.05, 0) is 37.6 Å². The van der Waals surface area contributed by atoms with Crippen molar-refractivity contribution in [2.75, 3.05) is 0 Å². The molecule has 0 atom stereocenters. The molecule has 0 aliphatic carbocycles. The van der Waals surface area contributed by atoms with E-state index in [0.717, 1.165) is 17.1 Å². The van der Waals surface area contributed by atoms with Crippen LogP contribution < -0.4 is 5.32 Å². The molecular weight excluding hydrogens is 243 g/mol. The second kappa shape index (κ2) is 5.48. The van der Waals surface area contributed by atoms with E-state index >= 15 is 0 Å². The van der Waals surface area contributed by atoms with Gasteiger partial charge in [0.15, 0.2) is 0 Å². The number of hydrogen-bond acceptors (Lipinski definition) is 3. The fraction of sp³-hybridized carbons (Fsp3) is 0.429. The lowest BCUT2D eigenvalue weighted by Crippen LogP contribution is -2.23. The molecule has 1 aromatic heterocycles. The Labute approximate surface area is 112 Å². The largest absolute Gasteiger partial charge is 0.310 e. The van der Waals surface area contributed by atoms with E-state index in [2.05, 4.69) is 29.2 Å². The summed E-state index contributed by atoms with van der Waals surface area (Å²) < 4.78 is 15.2. The highest BCUT2D eigenvalue weighted by atomic mass is 19.1. The first-order valence-corrected chi connectivity index (χ1v) is 6.40. The van der Waals surface area contributed by atoms with Crippen molar-refractivity contribution >= 4 is 0 Å². The smallest absolute Gasteiger partial charge is 0.148 e. The number of nitrogens with one attached hydrogen (secondary N) is 1. The molecule has 2 aromatic rings. The Hall–Kier alpha value is -1.75. The fourth-order valence-electron chi connectivity index (χ4n) is 1.97. The lowest BCUT2D eigenvalue weighted by atomic mass is 10.1. The number of aryl methyl sites for hydroxylation is 2. The van der Waals surface area contributed by atoms with Crippen molar-refractivity contribution in [1.82, 2.24) is 20.1 Å². The average molecular weight is 262 g/mol. The van der Waals surface area contributed by atoms with Gasteiger partial charge in [-0.1, -0.05) is 13.8 Å². The highest BCUT2D eigenvalue weighted by Crippen LogP contribution is 2.17. The standard InChI is InChI=1S/C14H19FN4/c1-9(2)16-8-12-7-13(15)5-6-14(12)19-11(4)17-10(3)18-19/h5-7,9,16H,8H2,1-4H3. The van der Waals surface area contributed by atoms with Crippen LogP contribution in [-0.4, -0.2) is 20.8 Å². The van der Waals surface area contributed by atoms with Crippen LogP contribution in [0.5, 0.6) is 0 Å². The zero-order valence-corrected chi connectivity index (χ0v) is 11.7. The highest BCUT2D eigenvalue weighted by Gasteiger charge is 2.11. The number of benzene rings is 1. The molecule has 19 heavy (non-hydrogen) atoms. The van der Waals surface area contributed by atoms with Crippen LogP contribution in [0.1, 0.15) is 31.1 Å². The van der Waals surface area contributed by atoms with E-state index in [-0.39, 0.29) is 5.82 Å². The lowest BCUT2D eigenvalue weighted by molar-refractivity contribution is 0.578. The van der Waals surface area contributed by atoms with Crippen LogP contribution in [0.2, 0.25) is 0 Å². The summed E-state index contributed by atoms with van der Waals surface area (Å²) in [4.78, 5) is 4.28. The van der Waals surface area contributed by atoms with E-state index in [0.29, 0.717) is 18.4 Å². The van der Waals surface area contributed by atoms with E-state index in [1.165, 1.54) is 6.07 Å². The van der Waals surface area contributed by atoms with Gasteiger partial charge in [0.1, 0.15) is 17.5 Å². The first kappa shape index (κ1) is 13.7. The molecule has 1 N–H and O–H groups in total. The van der Waals surface area contributed by atoms with Crippen LogP contribution in [0.25, 0.3) is 5.69 Å². The third-order valence-electron chi connectivity index (χ3n) is 2.85. The van der Waals surface area contributed by atoms with E-state index in [4.69, 9.17) is 0 Å². The summed E-state index contributed by atoms with van der Waals surface area (Å²) in [5, 5.41) is 7.65. The highest BCUT2D eigenvalue weighted by molar-refractivity contribution is 5.41.